The maximum atomic E-state index is 12.4. The van der Waals surface area contributed by atoms with Crippen LogP contribution < -0.4 is 0 Å². The van der Waals surface area contributed by atoms with Crippen molar-refractivity contribution in [2.24, 2.45) is 0 Å². The summed E-state index contributed by atoms with van der Waals surface area (Å²) in [5.74, 6) is 0. The van der Waals surface area contributed by atoms with Gasteiger partial charge < -0.3 is 14.5 Å². The molecule has 0 unspecified atom stereocenters. The molecule has 102 valence electrons. The van der Waals surface area contributed by atoms with E-state index in [0.29, 0.717) is 6.61 Å². The van der Waals surface area contributed by atoms with Crippen LogP contribution in [0.5, 0.6) is 0 Å². The average molecular weight is 252 g/mol. The van der Waals surface area contributed by atoms with Gasteiger partial charge in [0.05, 0.1) is 12.7 Å². The van der Waals surface area contributed by atoms with E-state index >= 15 is 0 Å². The van der Waals surface area contributed by atoms with Crippen LogP contribution in [0.15, 0.2) is 11.1 Å². The van der Waals surface area contributed by atoms with Crippen LogP contribution in [0.2, 0.25) is 0 Å². The molecule has 0 aromatic heterocycles. The number of ether oxygens (including phenoxy) is 1. The number of hydrogen-bond donors (Lipinski definition) is 0. The molecule has 4 heteroatoms. The van der Waals surface area contributed by atoms with E-state index in [1.165, 1.54) is 11.1 Å². The second-order valence-electron chi connectivity index (χ2n) is 5.32. The highest BCUT2D eigenvalue weighted by Crippen LogP contribution is 2.21. The molecule has 2 heterocycles. The van der Waals surface area contributed by atoms with Crippen molar-refractivity contribution >= 4 is 6.03 Å². The smallest absolute Gasteiger partial charge is 0.320 e. The molecule has 0 aromatic carbocycles. The Kier molecular flexibility index (Phi) is 4.27. The molecule has 2 rings (SSSR count). The van der Waals surface area contributed by atoms with Gasteiger partial charge in [-0.05, 0) is 26.7 Å². The van der Waals surface area contributed by atoms with Gasteiger partial charge in [-0.25, -0.2) is 4.79 Å². The van der Waals surface area contributed by atoms with E-state index in [-0.39, 0.29) is 12.1 Å². The summed E-state index contributed by atoms with van der Waals surface area (Å²) in [5, 5.41) is 0. The quantitative estimate of drug-likeness (QED) is 0.671. The molecule has 0 N–H and O–H groups in total. The van der Waals surface area contributed by atoms with Crippen molar-refractivity contribution in [3.63, 3.8) is 0 Å². The molecule has 18 heavy (non-hydrogen) atoms. The van der Waals surface area contributed by atoms with E-state index < -0.39 is 0 Å². The lowest BCUT2D eigenvalue weighted by atomic mass is 9.99. The molecule has 2 aliphatic heterocycles. The van der Waals surface area contributed by atoms with E-state index in [2.05, 4.69) is 13.8 Å². The number of nitrogens with zero attached hydrogens (tertiary/aromatic N) is 2. The predicted octanol–water partition coefficient (Wildman–Crippen LogP) is 2.26. The van der Waals surface area contributed by atoms with Crippen molar-refractivity contribution in [1.29, 1.82) is 0 Å². The number of carbonyl (C=O) groups excluding carboxylic acids is 1. The summed E-state index contributed by atoms with van der Waals surface area (Å²) in [5.41, 5.74) is 2.90. The van der Waals surface area contributed by atoms with Gasteiger partial charge in [0.15, 0.2) is 0 Å². The van der Waals surface area contributed by atoms with Crippen LogP contribution in [-0.2, 0) is 4.74 Å². The van der Waals surface area contributed by atoms with Crippen molar-refractivity contribution in [3.05, 3.63) is 11.1 Å². The Bertz CT molecular complexity index is 352. The Morgan fingerprint density at radius 2 is 2.17 bits per heavy atom. The first-order valence-electron chi connectivity index (χ1n) is 6.94. The molecule has 0 radical (unpaired) electrons. The van der Waals surface area contributed by atoms with Crippen molar-refractivity contribution in [2.45, 2.75) is 39.7 Å². The van der Waals surface area contributed by atoms with Gasteiger partial charge in [0.1, 0.15) is 0 Å². The van der Waals surface area contributed by atoms with Crippen LogP contribution in [0.1, 0.15) is 33.6 Å². The van der Waals surface area contributed by atoms with Gasteiger partial charge in [-0.2, -0.15) is 0 Å². The zero-order chi connectivity index (χ0) is 13.1. The van der Waals surface area contributed by atoms with Crippen molar-refractivity contribution in [2.75, 3.05) is 32.8 Å². The molecule has 0 bridgehead atoms. The summed E-state index contributed by atoms with van der Waals surface area (Å²) in [6.45, 7) is 10.1. The largest absolute Gasteiger partial charge is 0.375 e. The number of morpholine rings is 1. The minimum absolute atomic E-state index is 0.162. The topological polar surface area (TPSA) is 32.8 Å². The van der Waals surface area contributed by atoms with E-state index in [1.807, 2.05) is 16.7 Å². The lowest BCUT2D eigenvalue weighted by Crippen LogP contribution is -2.51. The minimum Gasteiger partial charge on any atom is -0.375 e. The highest BCUT2D eigenvalue weighted by molar-refractivity contribution is 5.75. The normalized spacial score (nSPS) is 25.6. The summed E-state index contributed by atoms with van der Waals surface area (Å²) in [4.78, 5) is 16.3. The van der Waals surface area contributed by atoms with Gasteiger partial charge in [-0.15, -0.1) is 0 Å². The number of carbonyl (C=O) groups is 1. The van der Waals surface area contributed by atoms with Gasteiger partial charge in [-0.1, -0.05) is 18.1 Å². The maximum Gasteiger partial charge on any atom is 0.320 e. The number of amides is 2. The van der Waals surface area contributed by atoms with Gasteiger partial charge in [0, 0.05) is 26.2 Å². The fourth-order valence-electron chi connectivity index (χ4n) is 2.79. The number of rotatable bonds is 1. The molecular weight excluding hydrogens is 228 g/mol. The number of urea groups is 1. The van der Waals surface area contributed by atoms with Gasteiger partial charge in [0.25, 0.3) is 0 Å². The molecule has 1 atom stereocenters. The Morgan fingerprint density at radius 3 is 2.78 bits per heavy atom. The van der Waals surface area contributed by atoms with Crippen molar-refractivity contribution in [3.8, 4) is 0 Å². The molecule has 0 saturated carbocycles. The zero-order valence-electron chi connectivity index (χ0n) is 11.7. The standard InChI is InChI=1S/C14H24N2O2/c1-4-13-5-6-15(9-11(13)2)14(17)16-7-8-18-12(3)10-16/h12H,4-10H2,1-3H3/t12-/m0/s1. The predicted molar refractivity (Wildman–Crippen MR) is 71.6 cm³/mol. The van der Waals surface area contributed by atoms with E-state index in [9.17, 15) is 4.79 Å². The van der Waals surface area contributed by atoms with E-state index in [0.717, 1.165) is 39.0 Å². The Hall–Kier alpha value is -1.03. The molecule has 4 nitrogen and oxygen atoms in total. The van der Waals surface area contributed by atoms with Gasteiger partial charge in [0.2, 0.25) is 0 Å². The minimum atomic E-state index is 0.162. The fraction of sp³-hybridized carbons (Fsp3) is 0.786. The lowest BCUT2D eigenvalue weighted by molar-refractivity contribution is -0.00894. The van der Waals surface area contributed by atoms with Crippen LogP contribution >= 0.6 is 0 Å². The molecule has 0 aliphatic carbocycles. The van der Waals surface area contributed by atoms with Crippen molar-refractivity contribution < 1.29 is 9.53 Å². The highest BCUT2D eigenvalue weighted by atomic mass is 16.5. The van der Waals surface area contributed by atoms with Gasteiger partial charge in [-0.3, -0.25) is 0 Å². The molecule has 0 spiro atoms. The van der Waals surface area contributed by atoms with Crippen LogP contribution in [0.25, 0.3) is 0 Å². The Labute approximate surface area is 110 Å². The molecular formula is C14H24N2O2. The average Bonchev–Trinajstić information content (AvgIpc) is 2.37. The first-order valence-corrected chi connectivity index (χ1v) is 6.94. The monoisotopic (exact) mass is 252 g/mol. The second kappa shape index (κ2) is 5.74. The van der Waals surface area contributed by atoms with E-state index in [4.69, 9.17) is 4.74 Å². The molecule has 2 amide bonds. The summed E-state index contributed by atoms with van der Waals surface area (Å²) >= 11 is 0. The first kappa shape index (κ1) is 13.4. The molecule has 2 aliphatic rings. The second-order valence-corrected chi connectivity index (χ2v) is 5.32. The Balaban J connectivity index is 1.96. The first-order chi connectivity index (χ1) is 8.61. The fourth-order valence-corrected chi connectivity index (χ4v) is 2.79. The van der Waals surface area contributed by atoms with Gasteiger partial charge >= 0.3 is 6.03 Å². The Morgan fingerprint density at radius 1 is 1.39 bits per heavy atom. The van der Waals surface area contributed by atoms with E-state index in [1.54, 1.807) is 0 Å². The summed E-state index contributed by atoms with van der Waals surface area (Å²) < 4.78 is 5.48. The maximum absolute atomic E-state index is 12.4. The third-order valence-corrected chi connectivity index (χ3v) is 3.92. The van der Waals surface area contributed by atoms with Crippen LogP contribution in [0.4, 0.5) is 4.79 Å². The molecule has 1 fully saturated rings. The molecule has 0 aromatic rings. The number of hydrogen-bond acceptors (Lipinski definition) is 2. The SMILES string of the molecule is CCC1=C(C)CN(C(=O)N2CCO[C@@H](C)C2)CC1. The molecule has 1 saturated heterocycles. The summed E-state index contributed by atoms with van der Waals surface area (Å²) in [7, 11) is 0. The zero-order valence-corrected chi connectivity index (χ0v) is 11.7. The summed E-state index contributed by atoms with van der Waals surface area (Å²) in [6.07, 6.45) is 2.31. The third kappa shape index (κ3) is 2.86. The van der Waals surface area contributed by atoms with Crippen LogP contribution in [0, 0.1) is 0 Å². The van der Waals surface area contributed by atoms with Crippen molar-refractivity contribution in [1.82, 2.24) is 9.80 Å². The highest BCUT2D eigenvalue weighted by Gasteiger charge is 2.27. The van der Waals surface area contributed by atoms with Crippen LogP contribution in [0.3, 0.4) is 0 Å². The lowest BCUT2D eigenvalue weighted by Gasteiger charge is -2.37. The summed E-state index contributed by atoms with van der Waals surface area (Å²) in [6, 6.07) is 0.180. The third-order valence-electron chi connectivity index (χ3n) is 3.92. The van der Waals surface area contributed by atoms with Crippen LogP contribution in [-0.4, -0.2) is 54.7 Å².